The molecule has 4 aromatic rings. The highest BCUT2D eigenvalue weighted by Gasteiger charge is 2.21. The van der Waals surface area contributed by atoms with E-state index in [1.807, 2.05) is 68.4 Å². The van der Waals surface area contributed by atoms with E-state index >= 15 is 0 Å². The lowest BCUT2D eigenvalue weighted by molar-refractivity contribution is 0.0715. The van der Waals surface area contributed by atoms with E-state index in [9.17, 15) is 4.79 Å². The van der Waals surface area contributed by atoms with Gasteiger partial charge in [-0.3, -0.25) is 4.79 Å². The van der Waals surface area contributed by atoms with Crippen LogP contribution in [0.4, 0.5) is 0 Å². The fourth-order valence-electron chi connectivity index (χ4n) is 3.23. The van der Waals surface area contributed by atoms with Gasteiger partial charge in [0.05, 0.1) is 17.1 Å². The molecule has 0 saturated heterocycles. The van der Waals surface area contributed by atoms with Crippen molar-refractivity contribution in [2.45, 2.75) is 26.9 Å². The van der Waals surface area contributed by atoms with Gasteiger partial charge in [-0.1, -0.05) is 59.6 Å². The molecule has 0 atom stereocenters. The zero-order valence-corrected chi connectivity index (χ0v) is 17.1. The van der Waals surface area contributed by atoms with Gasteiger partial charge in [0.2, 0.25) is 5.89 Å². The van der Waals surface area contributed by atoms with Crippen molar-refractivity contribution in [1.29, 1.82) is 0 Å². The highest BCUT2D eigenvalue weighted by Crippen LogP contribution is 2.22. The van der Waals surface area contributed by atoms with Crippen molar-refractivity contribution >= 4 is 28.6 Å². The maximum Gasteiger partial charge on any atom is 0.256 e. The van der Waals surface area contributed by atoms with Crippen molar-refractivity contribution in [3.8, 4) is 0 Å². The maximum absolute atomic E-state index is 13.3. The molecule has 4 rings (SSSR count). The van der Waals surface area contributed by atoms with E-state index in [4.69, 9.17) is 16.0 Å². The van der Waals surface area contributed by atoms with Crippen LogP contribution < -0.4 is 0 Å². The Morgan fingerprint density at radius 3 is 2.45 bits per heavy atom. The third-order valence-corrected chi connectivity index (χ3v) is 5.13. The lowest BCUT2D eigenvalue weighted by Gasteiger charge is -2.22. The highest BCUT2D eigenvalue weighted by molar-refractivity contribution is 6.33. The summed E-state index contributed by atoms with van der Waals surface area (Å²) in [5, 5.41) is 0.430. The summed E-state index contributed by atoms with van der Waals surface area (Å²) in [6.07, 6.45) is 0. The number of oxazole rings is 1. The minimum Gasteiger partial charge on any atom is -0.439 e. The summed E-state index contributed by atoms with van der Waals surface area (Å²) in [4.78, 5) is 19.6. The van der Waals surface area contributed by atoms with Gasteiger partial charge in [-0.05, 0) is 49.2 Å². The standard InChI is InChI=1S/C24H21ClN2O2/c1-16-7-10-18(11-8-16)14-27(24(28)19-5-3-4-6-20(19)25)15-23-26-21-13-17(2)9-12-22(21)29-23/h3-13H,14-15H2,1-2H3. The van der Waals surface area contributed by atoms with Crippen LogP contribution in [0.5, 0.6) is 0 Å². The molecule has 4 nitrogen and oxygen atoms in total. The predicted octanol–water partition coefficient (Wildman–Crippen LogP) is 5.94. The minimum absolute atomic E-state index is 0.158. The van der Waals surface area contributed by atoms with Gasteiger partial charge in [-0.15, -0.1) is 0 Å². The molecule has 0 N–H and O–H groups in total. The SMILES string of the molecule is Cc1ccc(CN(Cc2nc3cc(C)ccc3o2)C(=O)c2ccccc2Cl)cc1. The van der Waals surface area contributed by atoms with Crippen molar-refractivity contribution in [1.82, 2.24) is 9.88 Å². The van der Waals surface area contributed by atoms with Crippen LogP contribution in [0.2, 0.25) is 5.02 Å². The number of carbonyl (C=O) groups excluding carboxylic acids is 1. The van der Waals surface area contributed by atoms with Gasteiger partial charge in [0.15, 0.2) is 5.58 Å². The normalized spacial score (nSPS) is 11.0. The summed E-state index contributed by atoms with van der Waals surface area (Å²) in [5.41, 5.74) is 5.29. The molecule has 0 fully saturated rings. The summed E-state index contributed by atoms with van der Waals surface area (Å²) >= 11 is 6.29. The molecule has 1 amide bonds. The smallest absolute Gasteiger partial charge is 0.256 e. The molecule has 146 valence electrons. The summed E-state index contributed by atoms with van der Waals surface area (Å²) in [7, 11) is 0. The van der Waals surface area contributed by atoms with Crippen LogP contribution in [0.15, 0.2) is 71.1 Å². The molecule has 0 aliphatic rings. The molecule has 29 heavy (non-hydrogen) atoms. The maximum atomic E-state index is 13.3. The molecule has 0 spiro atoms. The minimum atomic E-state index is -0.158. The Bertz CT molecular complexity index is 1170. The first kappa shape index (κ1) is 19.2. The molecular weight excluding hydrogens is 384 g/mol. The first-order valence-electron chi connectivity index (χ1n) is 9.45. The van der Waals surface area contributed by atoms with Crippen LogP contribution in [0.3, 0.4) is 0 Å². The third-order valence-electron chi connectivity index (χ3n) is 4.80. The number of aromatic nitrogens is 1. The topological polar surface area (TPSA) is 46.3 Å². The Morgan fingerprint density at radius 2 is 1.69 bits per heavy atom. The lowest BCUT2D eigenvalue weighted by atomic mass is 10.1. The average molecular weight is 405 g/mol. The monoisotopic (exact) mass is 404 g/mol. The largest absolute Gasteiger partial charge is 0.439 e. The van der Waals surface area contributed by atoms with Crippen LogP contribution in [-0.2, 0) is 13.1 Å². The average Bonchev–Trinajstić information content (AvgIpc) is 3.10. The number of amides is 1. The second-order valence-electron chi connectivity index (χ2n) is 7.21. The molecule has 1 heterocycles. The number of carbonyl (C=O) groups is 1. The van der Waals surface area contributed by atoms with Gasteiger partial charge >= 0.3 is 0 Å². The molecule has 0 bridgehead atoms. The number of benzene rings is 3. The Morgan fingerprint density at radius 1 is 0.966 bits per heavy atom. The number of halogens is 1. The summed E-state index contributed by atoms with van der Waals surface area (Å²) in [6.45, 7) is 4.74. The predicted molar refractivity (Wildman–Crippen MR) is 115 cm³/mol. The zero-order valence-electron chi connectivity index (χ0n) is 16.4. The number of hydrogen-bond acceptors (Lipinski definition) is 3. The second-order valence-corrected chi connectivity index (χ2v) is 7.61. The van der Waals surface area contributed by atoms with Crippen molar-refractivity contribution in [2.24, 2.45) is 0 Å². The second kappa shape index (κ2) is 8.10. The number of hydrogen-bond donors (Lipinski definition) is 0. The van der Waals surface area contributed by atoms with Crippen LogP contribution in [0.1, 0.15) is 32.9 Å². The van der Waals surface area contributed by atoms with Gasteiger partial charge in [-0.2, -0.15) is 0 Å². The summed E-state index contributed by atoms with van der Waals surface area (Å²) in [6, 6.07) is 21.1. The molecule has 3 aromatic carbocycles. The number of aryl methyl sites for hydroxylation is 2. The zero-order chi connectivity index (χ0) is 20.4. The quantitative estimate of drug-likeness (QED) is 0.413. The molecular formula is C24H21ClN2O2. The molecule has 0 aliphatic heterocycles. The first-order chi connectivity index (χ1) is 14.0. The molecule has 5 heteroatoms. The number of rotatable bonds is 5. The lowest BCUT2D eigenvalue weighted by Crippen LogP contribution is -2.30. The molecule has 0 radical (unpaired) electrons. The van der Waals surface area contributed by atoms with Gasteiger partial charge in [0.1, 0.15) is 5.52 Å². The van der Waals surface area contributed by atoms with E-state index in [2.05, 4.69) is 4.98 Å². The van der Waals surface area contributed by atoms with Crippen molar-refractivity contribution in [3.63, 3.8) is 0 Å². The molecule has 0 unspecified atom stereocenters. The third kappa shape index (κ3) is 4.33. The Balaban J connectivity index is 1.67. The molecule has 1 aromatic heterocycles. The van der Waals surface area contributed by atoms with Gasteiger partial charge < -0.3 is 9.32 Å². The molecule has 0 saturated carbocycles. The Labute approximate surface area is 174 Å². The number of nitrogens with zero attached hydrogens (tertiary/aromatic N) is 2. The van der Waals surface area contributed by atoms with Crippen molar-refractivity contribution in [3.05, 3.63) is 99.9 Å². The fourth-order valence-corrected chi connectivity index (χ4v) is 3.45. The van der Waals surface area contributed by atoms with E-state index in [1.165, 1.54) is 5.56 Å². The van der Waals surface area contributed by atoms with Crippen LogP contribution >= 0.6 is 11.6 Å². The van der Waals surface area contributed by atoms with E-state index in [0.29, 0.717) is 28.6 Å². The van der Waals surface area contributed by atoms with Crippen LogP contribution in [0, 0.1) is 13.8 Å². The summed E-state index contributed by atoms with van der Waals surface area (Å²) < 4.78 is 5.89. The van der Waals surface area contributed by atoms with E-state index in [0.717, 1.165) is 16.6 Å². The first-order valence-corrected chi connectivity index (χ1v) is 9.83. The van der Waals surface area contributed by atoms with Crippen molar-refractivity contribution < 1.29 is 9.21 Å². The van der Waals surface area contributed by atoms with Crippen molar-refractivity contribution in [2.75, 3.05) is 0 Å². The van der Waals surface area contributed by atoms with Gasteiger partial charge in [-0.25, -0.2) is 4.98 Å². The Hall–Kier alpha value is -3.11. The van der Waals surface area contributed by atoms with Gasteiger partial charge in [0, 0.05) is 6.54 Å². The Kier molecular flexibility index (Phi) is 5.36. The number of fused-ring (bicyclic) bond motifs is 1. The van der Waals surface area contributed by atoms with Crippen LogP contribution in [0.25, 0.3) is 11.1 Å². The van der Waals surface area contributed by atoms with E-state index < -0.39 is 0 Å². The van der Waals surface area contributed by atoms with Crippen LogP contribution in [-0.4, -0.2) is 15.8 Å². The van der Waals surface area contributed by atoms with E-state index in [1.54, 1.807) is 17.0 Å². The van der Waals surface area contributed by atoms with Gasteiger partial charge in [0.25, 0.3) is 5.91 Å². The van der Waals surface area contributed by atoms with E-state index in [-0.39, 0.29) is 12.5 Å². The summed E-state index contributed by atoms with van der Waals surface area (Å²) in [5.74, 6) is 0.340. The molecule has 0 aliphatic carbocycles. The highest BCUT2D eigenvalue weighted by atomic mass is 35.5. The fraction of sp³-hybridized carbons (Fsp3) is 0.167.